The van der Waals surface area contributed by atoms with Crippen LogP contribution in [0.5, 0.6) is 0 Å². The fraction of sp³-hybridized carbons (Fsp3) is 0.423. The summed E-state index contributed by atoms with van der Waals surface area (Å²) in [7, 11) is 0. The van der Waals surface area contributed by atoms with E-state index in [1.165, 1.54) is 17.5 Å². The molecule has 1 aliphatic carbocycles. The van der Waals surface area contributed by atoms with Gasteiger partial charge in [0.1, 0.15) is 0 Å². The number of nitrogens with one attached hydrogen (secondary N) is 1. The third-order valence-corrected chi connectivity index (χ3v) is 6.67. The summed E-state index contributed by atoms with van der Waals surface area (Å²) in [6.07, 6.45) is 9.98. The van der Waals surface area contributed by atoms with Crippen molar-refractivity contribution < 1.29 is 0 Å². The molecule has 150 valence electrons. The molecule has 3 nitrogen and oxygen atoms in total. The number of nitrogens with zero attached hydrogens (tertiary/aromatic N) is 2. The predicted molar refractivity (Wildman–Crippen MR) is 119 cm³/mol. The highest BCUT2D eigenvalue weighted by molar-refractivity contribution is 5.48. The number of piperazine rings is 1. The Balaban J connectivity index is 1.57. The van der Waals surface area contributed by atoms with Gasteiger partial charge >= 0.3 is 0 Å². The summed E-state index contributed by atoms with van der Waals surface area (Å²) >= 11 is 0. The first-order chi connectivity index (χ1) is 14.3. The molecule has 0 bridgehead atoms. The van der Waals surface area contributed by atoms with Crippen LogP contribution in [-0.4, -0.2) is 36.6 Å². The molecule has 2 aromatic rings. The van der Waals surface area contributed by atoms with Crippen molar-refractivity contribution in [3.63, 3.8) is 0 Å². The standard InChI is InChI=1S/C26H31N3/c27-21-26(23-13-5-2-6-14-23)17-8-7-16-25(26)29-19-18-28-20-24(29)15-9-12-22-10-3-1-4-11-22/h1-6,9-14,24-25,28H,7-8,15-20H2. The van der Waals surface area contributed by atoms with Crippen molar-refractivity contribution in [3.05, 3.63) is 77.9 Å². The molecular weight excluding hydrogens is 354 g/mol. The fourth-order valence-corrected chi connectivity index (χ4v) is 5.20. The molecule has 4 rings (SSSR count). The smallest absolute Gasteiger partial charge is 0.0977 e. The lowest BCUT2D eigenvalue weighted by atomic mass is 9.66. The van der Waals surface area contributed by atoms with Crippen molar-refractivity contribution in [2.45, 2.75) is 49.6 Å². The van der Waals surface area contributed by atoms with Gasteiger partial charge in [0.05, 0.1) is 11.5 Å². The van der Waals surface area contributed by atoms with Crippen LogP contribution in [0.25, 0.3) is 6.08 Å². The first-order valence-electron chi connectivity index (χ1n) is 11.0. The van der Waals surface area contributed by atoms with Crippen molar-refractivity contribution in [1.82, 2.24) is 10.2 Å². The first kappa shape index (κ1) is 19.9. The van der Waals surface area contributed by atoms with E-state index in [1.807, 2.05) is 0 Å². The van der Waals surface area contributed by atoms with E-state index < -0.39 is 5.41 Å². The number of benzene rings is 2. The number of hydrogen-bond acceptors (Lipinski definition) is 3. The maximum absolute atomic E-state index is 10.4. The van der Waals surface area contributed by atoms with Gasteiger partial charge in [-0.3, -0.25) is 4.90 Å². The van der Waals surface area contributed by atoms with Crippen molar-refractivity contribution in [3.8, 4) is 6.07 Å². The van der Waals surface area contributed by atoms with Crippen LogP contribution in [0.4, 0.5) is 0 Å². The number of rotatable bonds is 5. The molecular formula is C26H31N3. The maximum atomic E-state index is 10.4. The topological polar surface area (TPSA) is 39.1 Å². The van der Waals surface area contributed by atoms with Crippen molar-refractivity contribution in [1.29, 1.82) is 5.26 Å². The average molecular weight is 386 g/mol. The van der Waals surface area contributed by atoms with E-state index in [4.69, 9.17) is 0 Å². The lowest BCUT2D eigenvalue weighted by Crippen LogP contribution is -2.61. The minimum absolute atomic E-state index is 0.292. The van der Waals surface area contributed by atoms with Crippen molar-refractivity contribution >= 4 is 6.08 Å². The van der Waals surface area contributed by atoms with E-state index >= 15 is 0 Å². The zero-order chi connectivity index (χ0) is 19.9. The Kier molecular flexibility index (Phi) is 6.44. The van der Waals surface area contributed by atoms with Gasteiger partial charge in [0.2, 0.25) is 0 Å². The van der Waals surface area contributed by atoms with Crippen LogP contribution in [0.3, 0.4) is 0 Å². The highest BCUT2D eigenvalue weighted by Gasteiger charge is 2.47. The molecule has 0 amide bonds. The summed E-state index contributed by atoms with van der Waals surface area (Å²) in [6, 6.07) is 24.6. The molecule has 3 atom stereocenters. The van der Waals surface area contributed by atoms with Gasteiger partial charge in [0, 0.05) is 31.7 Å². The Morgan fingerprint density at radius 1 is 1.07 bits per heavy atom. The molecule has 29 heavy (non-hydrogen) atoms. The summed E-state index contributed by atoms with van der Waals surface area (Å²) in [6.45, 7) is 3.02. The Morgan fingerprint density at radius 3 is 2.59 bits per heavy atom. The Bertz CT molecular complexity index is 839. The number of nitriles is 1. The van der Waals surface area contributed by atoms with Crippen LogP contribution < -0.4 is 5.32 Å². The third-order valence-electron chi connectivity index (χ3n) is 6.67. The van der Waals surface area contributed by atoms with Crippen LogP contribution >= 0.6 is 0 Å². The molecule has 2 aromatic carbocycles. The van der Waals surface area contributed by atoms with Crippen LogP contribution in [0, 0.1) is 11.3 Å². The van der Waals surface area contributed by atoms with Crippen molar-refractivity contribution in [2.24, 2.45) is 0 Å². The highest BCUT2D eigenvalue weighted by Crippen LogP contribution is 2.42. The van der Waals surface area contributed by atoms with E-state index in [1.54, 1.807) is 0 Å². The van der Waals surface area contributed by atoms with Gasteiger partial charge in [0.15, 0.2) is 0 Å². The van der Waals surface area contributed by atoms with E-state index in [0.717, 1.165) is 45.3 Å². The summed E-state index contributed by atoms with van der Waals surface area (Å²) in [5.41, 5.74) is 2.05. The molecule has 2 fully saturated rings. The normalized spacial score (nSPS) is 28.2. The van der Waals surface area contributed by atoms with Gasteiger partial charge in [-0.25, -0.2) is 0 Å². The second-order valence-corrected chi connectivity index (χ2v) is 8.36. The van der Waals surface area contributed by atoms with Gasteiger partial charge in [0.25, 0.3) is 0 Å². The molecule has 0 aromatic heterocycles. The predicted octanol–water partition coefficient (Wildman–Crippen LogP) is 4.77. The summed E-state index contributed by atoms with van der Waals surface area (Å²) in [5.74, 6) is 0. The van der Waals surface area contributed by atoms with E-state index in [-0.39, 0.29) is 0 Å². The third kappa shape index (κ3) is 4.29. The SMILES string of the molecule is N#CC1(c2ccccc2)CCCCC1N1CCNCC1CC=Cc1ccccc1. The lowest BCUT2D eigenvalue weighted by molar-refractivity contribution is 0.0485. The van der Waals surface area contributed by atoms with Crippen LogP contribution in [0.15, 0.2) is 66.7 Å². The lowest BCUT2D eigenvalue weighted by Gasteiger charge is -2.50. The Labute approximate surface area is 175 Å². The molecule has 0 spiro atoms. The van der Waals surface area contributed by atoms with Crippen LogP contribution in [0.1, 0.15) is 43.2 Å². The van der Waals surface area contributed by atoms with E-state index in [2.05, 4.69) is 89.1 Å². The molecule has 0 radical (unpaired) electrons. The van der Waals surface area contributed by atoms with Gasteiger partial charge in [-0.15, -0.1) is 0 Å². The molecule has 1 heterocycles. The fourth-order valence-electron chi connectivity index (χ4n) is 5.20. The highest BCUT2D eigenvalue weighted by atomic mass is 15.2. The minimum Gasteiger partial charge on any atom is -0.314 e. The van der Waals surface area contributed by atoms with Crippen LogP contribution in [0.2, 0.25) is 0 Å². The minimum atomic E-state index is -0.391. The molecule has 1 aliphatic heterocycles. The largest absolute Gasteiger partial charge is 0.314 e. The van der Waals surface area contributed by atoms with Gasteiger partial charge in [-0.2, -0.15) is 5.26 Å². The Hall–Kier alpha value is -2.41. The second kappa shape index (κ2) is 9.39. The summed E-state index contributed by atoms with van der Waals surface area (Å²) in [5, 5.41) is 14.0. The molecule has 1 N–H and O–H groups in total. The molecule has 1 saturated heterocycles. The average Bonchev–Trinajstić information content (AvgIpc) is 2.81. The quantitative estimate of drug-likeness (QED) is 0.806. The molecule has 3 unspecified atom stereocenters. The van der Waals surface area contributed by atoms with Crippen molar-refractivity contribution in [2.75, 3.05) is 19.6 Å². The summed E-state index contributed by atoms with van der Waals surface area (Å²) < 4.78 is 0. The van der Waals surface area contributed by atoms with Gasteiger partial charge < -0.3 is 5.32 Å². The first-order valence-corrected chi connectivity index (χ1v) is 11.0. The molecule has 3 heteroatoms. The zero-order valence-corrected chi connectivity index (χ0v) is 17.1. The van der Waals surface area contributed by atoms with E-state index in [0.29, 0.717) is 12.1 Å². The molecule has 2 aliphatic rings. The number of hydrogen-bond donors (Lipinski definition) is 1. The van der Waals surface area contributed by atoms with Crippen LogP contribution in [-0.2, 0) is 5.41 Å². The van der Waals surface area contributed by atoms with Gasteiger partial charge in [-0.1, -0.05) is 85.7 Å². The Morgan fingerprint density at radius 2 is 1.83 bits per heavy atom. The van der Waals surface area contributed by atoms with Gasteiger partial charge in [-0.05, 0) is 30.4 Å². The monoisotopic (exact) mass is 385 g/mol. The zero-order valence-electron chi connectivity index (χ0n) is 17.1. The molecule has 1 saturated carbocycles. The second-order valence-electron chi connectivity index (χ2n) is 8.36. The summed E-state index contributed by atoms with van der Waals surface area (Å²) in [4.78, 5) is 2.65. The maximum Gasteiger partial charge on any atom is 0.0977 e. The van der Waals surface area contributed by atoms with E-state index in [9.17, 15) is 5.26 Å².